The highest BCUT2D eigenvalue weighted by Crippen LogP contribution is 2.20. The van der Waals surface area contributed by atoms with E-state index in [1.807, 2.05) is 39.0 Å². The SMILES string of the molecule is CN=C(NCCC(=O)Nc1ccc(Br)cc1C)NCC(C)(C)OC. The molecule has 0 saturated carbocycles. The Hall–Kier alpha value is -1.60. The number of aryl methyl sites for hydroxylation is 1. The molecule has 24 heavy (non-hydrogen) atoms. The third kappa shape index (κ3) is 7.31. The van der Waals surface area contributed by atoms with Crippen LogP contribution in [0.1, 0.15) is 25.8 Å². The van der Waals surface area contributed by atoms with Gasteiger partial charge in [-0.05, 0) is 44.5 Å². The van der Waals surface area contributed by atoms with Crippen molar-refractivity contribution >= 4 is 33.5 Å². The maximum absolute atomic E-state index is 12.0. The van der Waals surface area contributed by atoms with Crippen LogP contribution >= 0.6 is 15.9 Å². The maximum Gasteiger partial charge on any atom is 0.226 e. The molecule has 0 radical (unpaired) electrons. The Labute approximate surface area is 152 Å². The number of carbonyl (C=O) groups is 1. The number of guanidine groups is 1. The van der Waals surface area contributed by atoms with Crippen molar-refractivity contribution in [2.24, 2.45) is 4.99 Å². The van der Waals surface area contributed by atoms with E-state index in [0.717, 1.165) is 15.7 Å². The number of halogens is 1. The van der Waals surface area contributed by atoms with Crippen LogP contribution in [0.4, 0.5) is 5.69 Å². The van der Waals surface area contributed by atoms with Gasteiger partial charge in [0.2, 0.25) is 5.91 Å². The fourth-order valence-corrected chi connectivity index (χ4v) is 2.34. The summed E-state index contributed by atoms with van der Waals surface area (Å²) in [5, 5.41) is 9.21. The molecular weight excluding hydrogens is 372 g/mol. The molecule has 0 bridgehead atoms. The number of aliphatic imine (C=N–C) groups is 1. The van der Waals surface area contributed by atoms with Gasteiger partial charge in [-0.3, -0.25) is 9.79 Å². The van der Waals surface area contributed by atoms with E-state index in [9.17, 15) is 4.79 Å². The van der Waals surface area contributed by atoms with Crippen LogP contribution in [0.3, 0.4) is 0 Å². The zero-order valence-electron chi connectivity index (χ0n) is 15.0. The van der Waals surface area contributed by atoms with Crippen molar-refractivity contribution in [1.82, 2.24) is 10.6 Å². The number of ether oxygens (including phenoxy) is 1. The van der Waals surface area contributed by atoms with E-state index in [2.05, 4.69) is 36.9 Å². The van der Waals surface area contributed by atoms with Crippen LogP contribution in [0.25, 0.3) is 0 Å². The first-order chi connectivity index (χ1) is 11.3. The molecule has 0 saturated heterocycles. The molecule has 0 aromatic heterocycles. The fraction of sp³-hybridized carbons (Fsp3) is 0.529. The highest BCUT2D eigenvalue weighted by atomic mass is 79.9. The second-order valence-corrected chi connectivity index (χ2v) is 6.99. The van der Waals surface area contributed by atoms with Crippen LogP contribution in [0.15, 0.2) is 27.7 Å². The minimum Gasteiger partial charge on any atom is -0.377 e. The number of amides is 1. The Kier molecular flexibility index (Phi) is 8.21. The molecule has 0 heterocycles. The molecule has 0 unspecified atom stereocenters. The zero-order valence-corrected chi connectivity index (χ0v) is 16.6. The molecule has 6 nitrogen and oxygen atoms in total. The average Bonchev–Trinajstić information content (AvgIpc) is 2.53. The summed E-state index contributed by atoms with van der Waals surface area (Å²) in [6.07, 6.45) is 0.351. The number of carbonyl (C=O) groups excluding carboxylic acids is 1. The summed E-state index contributed by atoms with van der Waals surface area (Å²) in [5.74, 6) is 0.605. The number of nitrogens with zero attached hydrogens (tertiary/aromatic N) is 1. The van der Waals surface area contributed by atoms with Crippen molar-refractivity contribution in [3.05, 3.63) is 28.2 Å². The number of anilines is 1. The first-order valence-electron chi connectivity index (χ1n) is 7.83. The van der Waals surface area contributed by atoms with Crippen LogP contribution in [0.5, 0.6) is 0 Å². The molecule has 0 spiro atoms. The summed E-state index contributed by atoms with van der Waals surface area (Å²) in [6, 6.07) is 5.76. The topological polar surface area (TPSA) is 74.8 Å². The van der Waals surface area contributed by atoms with Gasteiger partial charge in [0, 0.05) is 43.8 Å². The van der Waals surface area contributed by atoms with E-state index in [1.165, 1.54) is 0 Å². The first-order valence-corrected chi connectivity index (χ1v) is 8.62. The van der Waals surface area contributed by atoms with Crippen LogP contribution in [0.2, 0.25) is 0 Å². The summed E-state index contributed by atoms with van der Waals surface area (Å²) < 4.78 is 6.34. The number of hydrogen-bond acceptors (Lipinski definition) is 3. The maximum atomic E-state index is 12.0. The molecule has 1 aromatic rings. The lowest BCUT2D eigenvalue weighted by Gasteiger charge is -2.24. The van der Waals surface area contributed by atoms with Gasteiger partial charge in [-0.2, -0.15) is 0 Å². The fourth-order valence-electron chi connectivity index (χ4n) is 1.86. The third-order valence-electron chi connectivity index (χ3n) is 3.56. The van der Waals surface area contributed by atoms with Gasteiger partial charge in [-0.25, -0.2) is 0 Å². The van der Waals surface area contributed by atoms with Gasteiger partial charge in [0.05, 0.1) is 5.60 Å². The minimum absolute atomic E-state index is 0.0411. The van der Waals surface area contributed by atoms with Crippen molar-refractivity contribution < 1.29 is 9.53 Å². The lowest BCUT2D eigenvalue weighted by atomic mass is 10.1. The molecule has 0 aliphatic rings. The Morgan fingerprint density at radius 3 is 2.62 bits per heavy atom. The van der Waals surface area contributed by atoms with Gasteiger partial charge in [-0.1, -0.05) is 15.9 Å². The Morgan fingerprint density at radius 2 is 2.04 bits per heavy atom. The number of nitrogens with one attached hydrogen (secondary N) is 3. The van der Waals surface area contributed by atoms with Crippen LogP contribution in [-0.2, 0) is 9.53 Å². The first kappa shape index (κ1) is 20.4. The van der Waals surface area contributed by atoms with E-state index in [0.29, 0.717) is 25.5 Å². The van der Waals surface area contributed by atoms with Crippen molar-refractivity contribution in [3.8, 4) is 0 Å². The number of benzene rings is 1. The van der Waals surface area contributed by atoms with Crippen molar-refractivity contribution in [3.63, 3.8) is 0 Å². The summed E-state index contributed by atoms with van der Waals surface area (Å²) in [7, 11) is 3.37. The molecule has 1 amide bonds. The van der Waals surface area contributed by atoms with Crippen LogP contribution < -0.4 is 16.0 Å². The summed E-state index contributed by atoms with van der Waals surface area (Å²) in [4.78, 5) is 16.2. The van der Waals surface area contributed by atoms with Crippen molar-refractivity contribution in [1.29, 1.82) is 0 Å². The lowest BCUT2D eigenvalue weighted by molar-refractivity contribution is -0.116. The number of methoxy groups -OCH3 is 1. The second-order valence-electron chi connectivity index (χ2n) is 6.07. The van der Waals surface area contributed by atoms with E-state index < -0.39 is 0 Å². The van der Waals surface area contributed by atoms with Crippen LogP contribution in [0, 0.1) is 6.92 Å². The number of hydrogen-bond donors (Lipinski definition) is 3. The van der Waals surface area contributed by atoms with Gasteiger partial charge in [-0.15, -0.1) is 0 Å². The standard InChI is InChI=1S/C17H27BrN4O2/c1-12-10-13(18)6-7-14(12)22-15(23)8-9-20-16(19-4)21-11-17(2,3)24-5/h6-7,10H,8-9,11H2,1-5H3,(H,22,23)(H2,19,20,21). The third-order valence-corrected chi connectivity index (χ3v) is 4.06. The normalized spacial score (nSPS) is 12.0. The molecule has 0 aliphatic carbocycles. The number of rotatable bonds is 7. The largest absolute Gasteiger partial charge is 0.377 e. The van der Waals surface area contributed by atoms with Crippen molar-refractivity contribution in [2.45, 2.75) is 32.8 Å². The quantitative estimate of drug-likeness (QED) is 0.487. The summed E-state index contributed by atoms with van der Waals surface area (Å²) >= 11 is 3.41. The van der Waals surface area contributed by atoms with Gasteiger partial charge in [0.1, 0.15) is 0 Å². The zero-order chi connectivity index (χ0) is 18.2. The van der Waals surface area contributed by atoms with E-state index in [-0.39, 0.29) is 11.5 Å². The molecule has 7 heteroatoms. The Balaban J connectivity index is 2.38. The smallest absolute Gasteiger partial charge is 0.226 e. The second kappa shape index (κ2) is 9.64. The highest BCUT2D eigenvalue weighted by molar-refractivity contribution is 9.10. The highest BCUT2D eigenvalue weighted by Gasteiger charge is 2.16. The minimum atomic E-state index is -0.284. The Morgan fingerprint density at radius 1 is 1.33 bits per heavy atom. The van der Waals surface area contributed by atoms with E-state index in [1.54, 1.807) is 14.2 Å². The Bertz CT molecular complexity index is 588. The molecule has 134 valence electrons. The molecule has 0 fully saturated rings. The predicted molar refractivity (Wildman–Crippen MR) is 103 cm³/mol. The molecule has 1 aromatic carbocycles. The summed E-state index contributed by atoms with van der Waals surface area (Å²) in [5.41, 5.74) is 1.56. The van der Waals surface area contributed by atoms with E-state index in [4.69, 9.17) is 4.74 Å². The molecule has 3 N–H and O–H groups in total. The average molecular weight is 399 g/mol. The van der Waals surface area contributed by atoms with Gasteiger partial charge in [0.25, 0.3) is 0 Å². The van der Waals surface area contributed by atoms with E-state index >= 15 is 0 Å². The molecule has 0 atom stereocenters. The molecule has 0 aliphatic heterocycles. The van der Waals surface area contributed by atoms with Crippen LogP contribution in [-0.4, -0.2) is 44.7 Å². The lowest BCUT2D eigenvalue weighted by Crippen LogP contribution is -2.45. The van der Waals surface area contributed by atoms with Gasteiger partial charge < -0.3 is 20.7 Å². The van der Waals surface area contributed by atoms with Crippen molar-refractivity contribution in [2.75, 3.05) is 32.6 Å². The monoisotopic (exact) mass is 398 g/mol. The molecular formula is C17H27BrN4O2. The van der Waals surface area contributed by atoms with Gasteiger partial charge in [0.15, 0.2) is 5.96 Å². The predicted octanol–water partition coefficient (Wildman–Crippen LogP) is 2.68. The summed E-state index contributed by atoms with van der Waals surface area (Å²) in [6.45, 7) is 7.05. The molecule has 1 rings (SSSR count). The van der Waals surface area contributed by atoms with Gasteiger partial charge >= 0.3 is 0 Å².